The molecule has 3 rings (SSSR count). The van der Waals surface area contributed by atoms with E-state index in [1.54, 1.807) is 36.7 Å². The molecule has 3 N–H and O–H groups in total. The van der Waals surface area contributed by atoms with Crippen LogP contribution in [0.5, 0.6) is 0 Å². The lowest BCUT2D eigenvalue weighted by Gasteiger charge is -1.95. The Morgan fingerprint density at radius 2 is 1.52 bits per heavy atom. The second kappa shape index (κ2) is 7.56. The molecular formula is C17H14N2O4. The molecule has 0 saturated heterocycles. The standard InChI is InChI=1S/C10H8O4.C7H6N2/c11-9(12)8(10(13)14)6-7-4-2-1-3-5-7;1-2-4-7-6(3-1)8-5-9-7/h1-6H,(H,11,12)(H,13,14);1-5H,(H,8,9). The van der Waals surface area contributed by atoms with Crippen molar-refractivity contribution < 1.29 is 19.8 Å². The van der Waals surface area contributed by atoms with E-state index in [9.17, 15) is 9.59 Å². The Balaban J connectivity index is 0.000000182. The lowest BCUT2D eigenvalue weighted by atomic mass is 10.1. The van der Waals surface area contributed by atoms with E-state index in [0.717, 1.165) is 17.1 Å². The van der Waals surface area contributed by atoms with E-state index in [1.807, 2.05) is 24.3 Å². The number of H-pyrrole nitrogens is 1. The normalized spacial score (nSPS) is 9.57. The quantitative estimate of drug-likeness (QED) is 0.392. The predicted molar refractivity (Wildman–Crippen MR) is 85.8 cm³/mol. The summed E-state index contributed by atoms with van der Waals surface area (Å²) >= 11 is 0. The third-order valence-electron chi connectivity index (χ3n) is 2.90. The fraction of sp³-hybridized carbons (Fsp3) is 0. The molecule has 116 valence electrons. The number of fused-ring (bicyclic) bond motifs is 1. The summed E-state index contributed by atoms with van der Waals surface area (Å²) < 4.78 is 0. The van der Waals surface area contributed by atoms with E-state index in [4.69, 9.17) is 10.2 Å². The van der Waals surface area contributed by atoms with Crippen molar-refractivity contribution in [2.45, 2.75) is 0 Å². The highest BCUT2D eigenvalue weighted by Gasteiger charge is 2.15. The molecule has 0 aliphatic heterocycles. The highest BCUT2D eigenvalue weighted by atomic mass is 16.4. The maximum absolute atomic E-state index is 10.5. The van der Waals surface area contributed by atoms with Crippen molar-refractivity contribution in [3.63, 3.8) is 0 Å². The van der Waals surface area contributed by atoms with Gasteiger partial charge in [0.15, 0.2) is 0 Å². The number of hydrogen-bond acceptors (Lipinski definition) is 3. The highest BCUT2D eigenvalue weighted by Crippen LogP contribution is 2.07. The SMILES string of the molecule is O=C(O)C(=Cc1ccccc1)C(=O)O.c1ccc2[nH]cnc2c1. The first-order valence-corrected chi connectivity index (χ1v) is 6.69. The molecule has 0 atom stereocenters. The minimum absolute atomic E-state index is 0.548. The maximum atomic E-state index is 10.5. The Hall–Kier alpha value is -3.41. The van der Waals surface area contributed by atoms with Crippen LogP contribution in [0, 0.1) is 0 Å². The molecule has 0 amide bonds. The molecule has 2 aromatic carbocycles. The predicted octanol–water partition coefficient (Wildman–Crippen LogP) is 2.80. The zero-order chi connectivity index (χ0) is 16.7. The van der Waals surface area contributed by atoms with Gasteiger partial charge in [-0.05, 0) is 23.8 Å². The van der Waals surface area contributed by atoms with Crippen molar-refractivity contribution in [2.24, 2.45) is 0 Å². The lowest BCUT2D eigenvalue weighted by molar-refractivity contribution is -0.140. The summed E-state index contributed by atoms with van der Waals surface area (Å²) in [4.78, 5) is 28.1. The first-order valence-electron chi connectivity index (χ1n) is 6.69. The van der Waals surface area contributed by atoms with Crippen LogP contribution in [0.3, 0.4) is 0 Å². The van der Waals surface area contributed by atoms with Crippen molar-refractivity contribution in [3.8, 4) is 0 Å². The second-order valence-electron chi connectivity index (χ2n) is 4.50. The lowest BCUT2D eigenvalue weighted by Crippen LogP contribution is -2.10. The summed E-state index contributed by atoms with van der Waals surface area (Å²) in [5, 5.41) is 17.1. The molecule has 0 aliphatic rings. The second-order valence-corrected chi connectivity index (χ2v) is 4.50. The fourth-order valence-corrected chi connectivity index (χ4v) is 1.81. The number of benzene rings is 2. The van der Waals surface area contributed by atoms with Gasteiger partial charge in [0.25, 0.3) is 0 Å². The molecule has 3 aromatic rings. The molecule has 0 fully saturated rings. The maximum Gasteiger partial charge on any atom is 0.343 e. The number of aliphatic carboxylic acids is 2. The summed E-state index contributed by atoms with van der Waals surface area (Å²) in [6.45, 7) is 0. The van der Waals surface area contributed by atoms with E-state index < -0.39 is 17.5 Å². The van der Waals surface area contributed by atoms with E-state index >= 15 is 0 Å². The Labute approximate surface area is 131 Å². The summed E-state index contributed by atoms with van der Waals surface area (Å²) in [5.41, 5.74) is 2.03. The number of aromatic nitrogens is 2. The van der Waals surface area contributed by atoms with Gasteiger partial charge in [-0.25, -0.2) is 14.6 Å². The van der Waals surface area contributed by atoms with E-state index in [0.29, 0.717) is 5.56 Å². The molecule has 0 spiro atoms. The topological polar surface area (TPSA) is 103 Å². The van der Waals surface area contributed by atoms with Gasteiger partial charge in [0, 0.05) is 0 Å². The number of imidazole rings is 1. The van der Waals surface area contributed by atoms with Crippen LogP contribution in [0.1, 0.15) is 5.56 Å². The average Bonchev–Trinajstić information content (AvgIpc) is 3.02. The summed E-state index contributed by atoms with van der Waals surface area (Å²) in [5.74, 6) is -2.89. The Morgan fingerprint density at radius 1 is 0.913 bits per heavy atom. The number of aromatic amines is 1. The fourth-order valence-electron chi connectivity index (χ4n) is 1.81. The van der Waals surface area contributed by atoms with Gasteiger partial charge >= 0.3 is 11.9 Å². The molecule has 23 heavy (non-hydrogen) atoms. The van der Waals surface area contributed by atoms with Gasteiger partial charge in [-0.3, -0.25) is 0 Å². The number of nitrogens with zero attached hydrogens (tertiary/aromatic N) is 1. The molecule has 6 nitrogen and oxygen atoms in total. The summed E-state index contributed by atoms with van der Waals surface area (Å²) in [6, 6.07) is 16.4. The number of hydrogen-bond donors (Lipinski definition) is 3. The van der Waals surface area contributed by atoms with Crippen molar-refractivity contribution in [2.75, 3.05) is 0 Å². The summed E-state index contributed by atoms with van der Waals surface area (Å²) in [7, 11) is 0. The highest BCUT2D eigenvalue weighted by molar-refractivity contribution is 6.16. The minimum Gasteiger partial charge on any atom is -0.477 e. The number of carboxylic acids is 2. The third-order valence-corrected chi connectivity index (χ3v) is 2.90. The van der Waals surface area contributed by atoms with Gasteiger partial charge in [0.05, 0.1) is 17.4 Å². The van der Waals surface area contributed by atoms with Crippen LogP contribution >= 0.6 is 0 Å². The van der Waals surface area contributed by atoms with Crippen LogP contribution in [-0.2, 0) is 9.59 Å². The van der Waals surface area contributed by atoms with Gasteiger partial charge in [-0.2, -0.15) is 0 Å². The Morgan fingerprint density at radius 3 is 2.13 bits per heavy atom. The monoisotopic (exact) mass is 310 g/mol. The van der Waals surface area contributed by atoms with Crippen molar-refractivity contribution in [3.05, 3.63) is 72.1 Å². The van der Waals surface area contributed by atoms with Gasteiger partial charge in [-0.15, -0.1) is 0 Å². The van der Waals surface area contributed by atoms with Crippen LogP contribution in [0.15, 0.2) is 66.5 Å². The number of carboxylic acid groups (broad SMARTS) is 2. The number of rotatable bonds is 3. The van der Waals surface area contributed by atoms with Gasteiger partial charge in [-0.1, -0.05) is 42.5 Å². The molecule has 0 radical (unpaired) electrons. The van der Waals surface area contributed by atoms with E-state index in [2.05, 4.69) is 9.97 Å². The van der Waals surface area contributed by atoms with Gasteiger partial charge < -0.3 is 15.2 Å². The van der Waals surface area contributed by atoms with Crippen LogP contribution in [0.2, 0.25) is 0 Å². The minimum atomic E-state index is -1.44. The summed E-state index contributed by atoms with van der Waals surface area (Å²) in [6.07, 6.45) is 2.81. The average molecular weight is 310 g/mol. The molecule has 1 heterocycles. The smallest absolute Gasteiger partial charge is 0.343 e. The number of nitrogens with one attached hydrogen (secondary N) is 1. The molecule has 0 aliphatic carbocycles. The first kappa shape index (κ1) is 16.0. The largest absolute Gasteiger partial charge is 0.477 e. The van der Waals surface area contributed by atoms with Crippen LogP contribution in [0.25, 0.3) is 17.1 Å². The Kier molecular flexibility index (Phi) is 5.25. The molecule has 0 saturated carbocycles. The zero-order valence-corrected chi connectivity index (χ0v) is 12.0. The van der Waals surface area contributed by atoms with E-state index in [-0.39, 0.29) is 0 Å². The van der Waals surface area contributed by atoms with Crippen molar-refractivity contribution in [1.29, 1.82) is 0 Å². The van der Waals surface area contributed by atoms with Crippen LogP contribution in [-0.4, -0.2) is 32.1 Å². The molecule has 0 bridgehead atoms. The van der Waals surface area contributed by atoms with Gasteiger partial charge in [0.2, 0.25) is 0 Å². The zero-order valence-electron chi connectivity index (χ0n) is 12.0. The van der Waals surface area contributed by atoms with Crippen molar-refractivity contribution in [1.82, 2.24) is 9.97 Å². The van der Waals surface area contributed by atoms with E-state index in [1.165, 1.54) is 0 Å². The van der Waals surface area contributed by atoms with Crippen LogP contribution < -0.4 is 0 Å². The third kappa shape index (κ3) is 4.53. The van der Waals surface area contributed by atoms with Crippen molar-refractivity contribution >= 4 is 29.0 Å². The molecule has 0 unspecified atom stereocenters. The van der Waals surface area contributed by atoms with Crippen LogP contribution in [0.4, 0.5) is 0 Å². The first-order chi connectivity index (χ1) is 11.1. The Bertz CT molecular complexity index is 792. The molecule has 6 heteroatoms. The molecular weight excluding hydrogens is 296 g/mol. The number of para-hydroxylation sites is 2. The molecule has 1 aromatic heterocycles. The number of carbonyl (C=O) groups is 2. The van der Waals surface area contributed by atoms with Gasteiger partial charge in [0.1, 0.15) is 5.57 Å².